The topological polar surface area (TPSA) is 77.8 Å². The molecule has 164 valence electrons. The predicted octanol–water partition coefficient (Wildman–Crippen LogP) is 5.44. The second-order valence-electron chi connectivity index (χ2n) is 8.60. The van der Waals surface area contributed by atoms with Crippen molar-refractivity contribution < 1.29 is 19.8 Å². The first-order valence-corrected chi connectivity index (χ1v) is 10.8. The number of hydrogen-bond acceptors (Lipinski definition) is 3. The number of hydrogen-bond donors (Lipinski definition) is 2. The van der Waals surface area contributed by atoms with E-state index in [1.54, 1.807) is 13.8 Å². The molecule has 1 aromatic carbocycles. The zero-order valence-electron chi connectivity index (χ0n) is 19.2. The van der Waals surface area contributed by atoms with Gasteiger partial charge in [-0.15, -0.1) is 0 Å². The molecule has 1 atom stereocenters. The Labute approximate surface area is 180 Å². The van der Waals surface area contributed by atoms with Crippen LogP contribution in [0.15, 0.2) is 46.8 Å². The number of benzene rings is 1. The van der Waals surface area contributed by atoms with Crippen LogP contribution < -0.4 is 0 Å². The molecular formula is C25H35NO4. The molecule has 1 aromatic rings. The third-order valence-electron chi connectivity index (χ3n) is 6.76. The molecule has 1 aliphatic heterocycles. The molecule has 0 saturated carbocycles. The van der Waals surface area contributed by atoms with Crippen molar-refractivity contribution in [2.24, 2.45) is 11.3 Å². The van der Waals surface area contributed by atoms with Crippen LogP contribution in [-0.2, 0) is 16.0 Å². The van der Waals surface area contributed by atoms with Crippen molar-refractivity contribution in [2.45, 2.75) is 67.2 Å². The summed E-state index contributed by atoms with van der Waals surface area (Å²) in [6.07, 6.45) is 1.01. The Morgan fingerprint density at radius 3 is 1.73 bits per heavy atom. The van der Waals surface area contributed by atoms with Crippen LogP contribution >= 0.6 is 0 Å². The molecule has 0 spiro atoms. The molecule has 0 radical (unpaired) electrons. The first-order valence-electron chi connectivity index (χ1n) is 10.8. The van der Waals surface area contributed by atoms with Gasteiger partial charge in [0.1, 0.15) is 0 Å². The van der Waals surface area contributed by atoms with Gasteiger partial charge in [0.05, 0.1) is 11.1 Å². The molecule has 0 saturated heterocycles. The quantitative estimate of drug-likeness (QED) is 0.593. The Morgan fingerprint density at radius 1 is 0.933 bits per heavy atom. The second kappa shape index (κ2) is 9.07. The largest absolute Gasteiger partial charge is 0.478 e. The van der Waals surface area contributed by atoms with Gasteiger partial charge in [-0.25, -0.2) is 9.59 Å². The molecule has 1 heterocycles. The SMILES string of the molecule is CCN1C(C)=C(C(=O)O)C(CC)(C(C)Cc2ccc(C(C)C)cc2)C(C(=O)O)=C1C. The number of rotatable bonds is 8. The number of carboxylic acid groups (broad SMARTS) is 2. The van der Waals surface area contributed by atoms with Crippen LogP contribution in [0.25, 0.3) is 0 Å². The summed E-state index contributed by atoms with van der Waals surface area (Å²) in [5.41, 5.74) is 2.96. The lowest BCUT2D eigenvalue weighted by molar-refractivity contribution is -0.136. The summed E-state index contributed by atoms with van der Waals surface area (Å²) in [7, 11) is 0. The van der Waals surface area contributed by atoms with Gasteiger partial charge in [-0.3, -0.25) is 0 Å². The van der Waals surface area contributed by atoms with E-state index < -0.39 is 17.4 Å². The monoisotopic (exact) mass is 413 g/mol. The Bertz CT molecular complexity index is 839. The minimum absolute atomic E-state index is 0.200. The minimum atomic E-state index is -1.06. The molecule has 0 aromatic heterocycles. The summed E-state index contributed by atoms with van der Waals surface area (Å²) in [6.45, 7) is 14.2. The number of nitrogens with zero attached hydrogens (tertiary/aromatic N) is 1. The highest BCUT2D eigenvalue weighted by molar-refractivity contribution is 5.98. The summed E-state index contributed by atoms with van der Waals surface area (Å²) in [5, 5.41) is 20.4. The maximum Gasteiger partial charge on any atom is 0.334 e. The van der Waals surface area contributed by atoms with Crippen molar-refractivity contribution in [1.29, 1.82) is 0 Å². The van der Waals surface area contributed by atoms with Crippen LogP contribution in [0.1, 0.15) is 71.9 Å². The lowest BCUT2D eigenvalue weighted by atomic mass is 9.60. The molecule has 2 rings (SSSR count). The maximum absolute atomic E-state index is 12.5. The average Bonchev–Trinajstić information content (AvgIpc) is 2.67. The lowest BCUT2D eigenvalue weighted by Crippen LogP contribution is -2.46. The summed E-state index contributed by atoms with van der Waals surface area (Å²) in [5.74, 6) is -1.85. The van der Waals surface area contributed by atoms with E-state index in [9.17, 15) is 19.8 Å². The molecule has 30 heavy (non-hydrogen) atoms. The fourth-order valence-electron chi connectivity index (χ4n) is 5.22. The van der Waals surface area contributed by atoms with Crippen molar-refractivity contribution in [3.8, 4) is 0 Å². The fraction of sp³-hybridized carbons (Fsp3) is 0.520. The zero-order chi connectivity index (χ0) is 22.8. The van der Waals surface area contributed by atoms with Crippen LogP contribution in [-0.4, -0.2) is 33.6 Å². The van der Waals surface area contributed by atoms with Crippen LogP contribution in [0.4, 0.5) is 0 Å². The van der Waals surface area contributed by atoms with Gasteiger partial charge < -0.3 is 15.1 Å². The van der Waals surface area contributed by atoms with E-state index in [0.717, 1.165) is 5.56 Å². The van der Waals surface area contributed by atoms with Gasteiger partial charge in [0.25, 0.3) is 0 Å². The normalized spacial score (nSPS) is 17.5. The summed E-state index contributed by atoms with van der Waals surface area (Å²) in [6, 6.07) is 8.35. The second-order valence-corrected chi connectivity index (χ2v) is 8.60. The standard InChI is InChI=1S/C25H35NO4/c1-8-25(16(5)14-19-10-12-20(13-11-19)15(3)4)21(23(27)28)17(6)26(9-2)18(7)22(25)24(29)30/h10-13,15-16H,8-9,14H2,1-7H3,(H,27,28)(H,29,30). The van der Waals surface area contributed by atoms with E-state index >= 15 is 0 Å². The number of aliphatic carboxylic acids is 2. The van der Waals surface area contributed by atoms with E-state index in [0.29, 0.717) is 36.7 Å². The van der Waals surface area contributed by atoms with Crippen molar-refractivity contribution >= 4 is 11.9 Å². The average molecular weight is 414 g/mol. The number of carboxylic acids is 2. The van der Waals surface area contributed by atoms with Crippen molar-refractivity contribution in [2.75, 3.05) is 6.54 Å². The summed E-state index contributed by atoms with van der Waals surface area (Å²) >= 11 is 0. The van der Waals surface area contributed by atoms with Gasteiger partial charge in [-0.05, 0) is 56.6 Å². The van der Waals surface area contributed by atoms with Gasteiger partial charge in [-0.1, -0.05) is 52.0 Å². The smallest absolute Gasteiger partial charge is 0.334 e. The van der Waals surface area contributed by atoms with Crippen LogP contribution in [0.3, 0.4) is 0 Å². The van der Waals surface area contributed by atoms with E-state index in [1.807, 2.05) is 25.7 Å². The Morgan fingerprint density at radius 2 is 1.40 bits per heavy atom. The molecule has 0 fully saturated rings. The summed E-state index contributed by atoms with van der Waals surface area (Å²) < 4.78 is 0. The summed E-state index contributed by atoms with van der Waals surface area (Å²) in [4.78, 5) is 26.7. The molecule has 2 N–H and O–H groups in total. The highest BCUT2D eigenvalue weighted by Crippen LogP contribution is 2.53. The van der Waals surface area contributed by atoms with Crippen LogP contribution in [0.2, 0.25) is 0 Å². The Hall–Kier alpha value is -2.56. The Kier molecular flexibility index (Phi) is 7.17. The first kappa shape index (κ1) is 23.7. The molecule has 1 aliphatic rings. The third kappa shape index (κ3) is 3.90. The molecule has 0 aliphatic carbocycles. The van der Waals surface area contributed by atoms with Gasteiger partial charge in [-0.2, -0.15) is 0 Å². The van der Waals surface area contributed by atoms with E-state index in [2.05, 4.69) is 38.1 Å². The van der Waals surface area contributed by atoms with E-state index in [4.69, 9.17) is 0 Å². The Balaban J connectivity index is 2.65. The van der Waals surface area contributed by atoms with Gasteiger partial charge in [0.2, 0.25) is 0 Å². The molecule has 0 amide bonds. The maximum atomic E-state index is 12.5. The van der Waals surface area contributed by atoms with Crippen molar-refractivity contribution in [3.63, 3.8) is 0 Å². The molecule has 1 unspecified atom stereocenters. The number of carbonyl (C=O) groups is 2. The van der Waals surface area contributed by atoms with E-state index in [-0.39, 0.29) is 17.1 Å². The van der Waals surface area contributed by atoms with Crippen LogP contribution in [0.5, 0.6) is 0 Å². The fourth-order valence-corrected chi connectivity index (χ4v) is 5.22. The highest BCUT2D eigenvalue weighted by Gasteiger charge is 2.52. The molecular weight excluding hydrogens is 378 g/mol. The minimum Gasteiger partial charge on any atom is -0.478 e. The van der Waals surface area contributed by atoms with Crippen molar-refractivity contribution in [1.82, 2.24) is 4.90 Å². The third-order valence-corrected chi connectivity index (χ3v) is 6.76. The van der Waals surface area contributed by atoms with Crippen molar-refractivity contribution in [3.05, 3.63) is 57.9 Å². The zero-order valence-corrected chi connectivity index (χ0v) is 19.2. The molecule has 5 heteroatoms. The van der Waals surface area contributed by atoms with Crippen LogP contribution in [0, 0.1) is 11.3 Å². The lowest BCUT2D eigenvalue weighted by Gasteiger charge is -2.47. The molecule has 5 nitrogen and oxygen atoms in total. The number of allylic oxidation sites excluding steroid dienone is 2. The first-order chi connectivity index (χ1) is 14.0. The van der Waals surface area contributed by atoms with Gasteiger partial charge in [0.15, 0.2) is 0 Å². The molecule has 0 bridgehead atoms. The van der Waals surface area contributed by atoms with Gasteiger partial charge >= 0.3 is 11.9 Å². The predicted molar refractivity (Wildman–Crippen MR) is 119 cm³/mol. The highest BCUT2D eigenvalue weighted by atomic mass is 16.4. The van der Waals surface area contributed by atoms with Gasteiger partial charge in [0, 0.05) is 23.4 Å². The van der Waals surface area contributed by atoms with E-state index in [1.165, 1.54) is 5.56 Å².